The van der Waals surface area contributed by atoms with E-state index in [2.05, 4.69) is 0 Å². The van der Waals surface area contributed by atoms with E-state index in [1.54, 1.807) is 48.9 Å². The van der Waals surface area contributed by atoms with Crippen molar-refractivity contribution in [2.24, 2.45) is 0 Å². The van der Waals surface area contributed by atoms with Gasteiger partial charge in [0.2, 0.25) is 5.43 Å². The van der Waals surface area contributed by atoms with Crippen LogP contribution in [0.15, 0.2) is 41.3 Å². The number of esters is 1. The van der Waals surface area contributed by atoms with Gasteiger partial charge in [-0.1, -0.05) is 6.07 Å². The van der Waals surface area contributed by atoms with Crippen LogP contribution in [0.4, 0.5) is 0 Å². The molecular formula is C15H15NO4. The minimum atomic E-state index is -0.430. The lowest BCUT2D eigenvalue weighted by Gasteiger charge is -2.12. The van der Waals surface area contributed by atoms with Crippen LogP contribution < -0.4 is 5.43 Å². The zero-order chi connectivity index (χ0) is 14.7. The molecule has 0 bridgehead atoms. The Morgan fingerprint density at radius 3 is 2.80 bits per heavy atom. The number of ether oxygens (including phenoxy) is 1. The van der Waals surface area contributed by atoms with Crippen molar-refractivity contribution in [2.75, 3.05) is 6.61 Å². The van der Waals surface area contributed by atoms with E-state index in [4.69, 9.17) is 4.74 Å². The van der Waals surface area contributed by atoms with E-state index in [-0.39, 0.29) is 5.75 Å². The zero-order valence-electron chi connectivity index (χ0n) is 11.3. The summed E-state index contributed by atoms with van der Waals surface area (Å²) in [4.78, 5) is 23.0. The van der Waals surface area contributed by atoms with Crippen molar-refractivity contribution in [3.63, 3.8) is 0 Å². The van der Waals surface area contributed by atoms with Gasteiger partial charge in [-0.05, 0) is 32.0 Å². The molecule has 0 saturated carbocycles. The van der Waals surface area contributed by atoms with Crippen LogP contribution in [0.2, 0.25) is 0 Å². The molecule has 0 aliphatic rings. The van der Waals surface area contributed by atoms with E-state index < -0.39 is 11.4 Å². The number of rotatable bonds is 3. The van der Waals surface area contributed by atoms with E-state index in [9.17, 15) is 14.7 Å². The molecule has 0 saturated heterocycles. The Hall–Kier alpha value is -2.56. The maximum atomic E-state index is 11.7. The highest BCUT2D eigenvalue weighted by molar-refractivity contribution is 5.90. The van der Waals surface area contributed by atoms with Crippen molar-refractivity contribution in [3.8, 4) is 11.4 Å². The van der Waals surface area contributed by atoms with Gasteiger partial charge in [0.25, 0.3) is 0 Å². The van der Waals surface area contributed by atoms with E-state index in [1.807, 2.05) is 0 Å². The number of hydrogen-bond acceptors (Lipinski definition) is 4. The predicted octanol–water partition coefficient (Wildman–Crippen LogP) is 2.03. The van der Waals surface area contributed by atoms with E-state index in [0.29, 0.717) is 23.6 Å². The number of benzene rings is 1. The second-order valence-electron chi connectivity index (χ2n) is 4.25. The Morgan fingerprint density at radius 2 is 2.10 bits per heavy atom. The van der Waals surface area contributed by atoms with Crippen LogP contribution >= 0.6 is 0 Å². The summed E-state index contributed by atoms with van der Waals surface area (Å²) in [5, 5.41) is 9.69. The average molecular weight is 273 g/mol. The Morgan fingerprint density at radius 1 is 1.35 bits per heavy atom. The van der Waals surface area contributed by atoms with E-state index >= 15 is 0 Å². The minimum absolute atomic E-state index is 0.297. The lowest BCUT2D eigenvalue weighted by atomic mass is 10.2. The van der Waals surface area contributed by atoms with Crippen LogP contribution in [-0.4, -0.2) is 22.2 Å². The molecule has 0 fully saturated rings. The molecule has 0 radical (unpaired) electrons. The SMILES string of the molecule is CCOC(=O)c1cccc(-n2ccc(=O)c(O)c2C)c1. The van der Waals surface area contributed by atoms with Gasteiger partial charge in [-0.2, -0.15) is 0 Å². The summed E-state index contributed by atoms with van der Waals surface area (Å²) >= 11 is 0. The number of nitrogens with zero attached hydrogens (tertiary/aromatic N) is 1. The molecule has 20 heavy (non-hydrogen) atoms. The molecule has 0 aliphatic carbocycles. The maximum Gasteiger partial charge on any atom is 0.338 e. The number of hydrogen-bond donors (Lipinski definition) is 1. The number of carbonyl (C=O) groups excluding carboxylic acids is 1. The van der Waals surface area contributed by atoms with Gasteiger partial charge in [0.1, 0.15) is 0 Å². The third-order valence-corrected chi connectivity index (χ3v) is 2.95. The van der Waals surface area contributed by atoms with Gasteiger partial charge in [0, 0.05) is 18.0 Å². The molecule has 1 heterocycles. The summed E-state index contributed by atoms with van der Waals surface area (Å²) in [6, 6.07) is 8.07. The highest BCUT2D eigenvalue weighted by atomic mass is 16.5. The molecule has 0 unspecified atom stereocenters. The fourth-order valence-corrected chi connectivity index (χ4v) is 1.90. The van der Waals surface area contributed by atoms with Gasteiger partial charge >= 0.3 is 5.97 Å². The van der Waals surface area contributed by atoms with Crippen molar-refractivity contribution in [1.82, 2.24) is 4.57 Å². The van der Waals surface area contributed by atoms with Gasteiger partial charge in [-0.15, -0.1) is 0 Å². The van der Waals surface area contributed by atoms with Crippen molar-refractivity contribution in [2.45, 2.75) is 13.8 Å². The van der Waals surface area contributed by atoms with Crippen LogP contribution in [0.1, 0.15) is 23.0 Å². The second kappa shape index (κ2) is 5.61. The van der Waals surface area contributed by atoms with Crippen LogP contribution in [0.25, 0.3) is 5.69 Å². The Labute approximate surface area is 116 Å². The van der Waals surface area contributed by atoms with Crippen molar-refractivity contribution in [3.05, 3.63) is 58.0 Å². The first-order chi connectivity index (χ1) is 9.54. The quantitative estimate of drug-likeness (QED) is 0.869. The van der Waals surface area contributed by atoms with Crippen LogP contribution in [0.3, 0.4) is 0 Å². The summed E-state index contributed by atoms with van der Waals surface area (Å²) < 4.78 is 6.58. The third kappa shape index (κ3) is 2.56. The lowest BCUT2D eigenvalue weighted by molar-refractivity contribution is 0.0526. The predicted molar refractivity (Wildman–Crippen MR) is 74.4 cm³/mol. The molecule has 2 aromatic rings. The monoisotopic (exact) mass is 273 g/mol. The molecule has 0 amide bonds. The van der Waals surface area contributed by atoms with E-state index in [0.717, 1.165) is 0 Å². The van der Waals surface area contributed by atoms with Crippen molar-refractivity contribution >= 4 is 5.97 Å². The standard InChI is InChI=1S/C15H15NO4/c1-3-20-15(19)11-5-4-6-12(9-11)16-8-7-13(17)14(18)10(16)2/h4-9,18H,3H2,1-2H3. The lowest BCUT2D eigenvalue weighted by Crippen LogP contribution is -2.10. The van der Waals surface area contributed by atoms with Crippen LogP contribution in [0.5, 0.6) is 5.75 Å². The first-order valence-corrected chi connectivity index (χ1v) is 6.23. The van der Waals surface area contributed by atoms with Crippen molar-refractivity contribution in [1.29, 1.82) is 0 Å². The third-order valence-electron chi connectivity index (χ3n) is 2.95. The highest BCUT2D eigenvalue weighted by Crippen LogP contribution is 2.17. The molecule has 0 aliphatic heterocycles. The molecule has 0 atom stereocenters. The first-order valence-electron chi connectivity index (χ1n) is 6.23. The summed E-state index contributed by atoms with van der Waals surface area (Å²) in [5.41, 5.74) is 1.07. The molecule has 2 rings (SSSR count). The Balaban J connectivity index is 2.49. The molecule has 5 heteroatoms. The number of aromatic nitrogens is 1. The number of aromatic hydroxyl groups is 1. The number of carbonyl (C=O) groups is 1. The highest BCUT2D eigenvalue weighted by Gasteiger charge is 2.10. The second-order valence-corrected chi connectivity index (χ2v) is 4.25. The molecule has 1 aromatic carbocycles. The minimum Gasteiger partial charge on any atom is -0.503 e. The summed E-state index contributed by atoms with van der Waals surface area (Å²) in [7, 11) is 0. The zero-order valence-corrected chi connectivity index (χ0v) is 11.3. The summed E-state index contributed by atoms with van der Waals surface area (Å²) in [6.45, 7) is 3.68. The maximum absolute atomic E-state index is 11.7. The van der Waals surface area contributed by atoms with Gasteiger partial charge in [-0.25, -0.2) is 4.79 Å². The molecular weight excluding hydrogens is 258 g/mol. The van der Waals surface area contributed by atoms with Gasteiger partial charge in [-0.3, -0.25) is 4.79 Å². The largest absolute Gasteiger partial charge is 0.503 e. The molecule has 1 aromatic heterocycles. The molecule has 0 spiro atoms. The fourth-order valence-electron chi connectivity index (χ4n) is 1.90. The Bertz CT molecular complexity index is 703. The van der Waals surface area contributed by atoms with E-state index in [1.165, 1.54) is 6.07 Å². The van der Waals surface area contributed by atoms with Crippen LogP contribution in [0, 0.1) is 6.92 Å². The Kier molecular flexibility index (Phi) is 3.89. The molecule has 1 N–H and O–H groups in total. The number of pyridine rings is 1. The molecule has 104 valence electrons. The fraction of sp³-hybridized carbons (Fsp3) is 0.200. The topological polar surface area (TPSA) is 68.5 Å². The smallest absolute Gasteiger partial charge is 0.338 e. The van der Waals surface area contributed by atoms with Gasteiger partial charge in [0.15, 0.2) is 5.75 Å². The summed E-state index contributed by atoms with van der Waals surface area (Å²) in [5.74, 6) is -0.702. The summed E-state index contributed by atoms with van der Waals surface area (Å²) in [6.07, 6.45) is 1.56. The van der Waals surface area contributed by atoms with Crippen LogP contribution in [-0.2, 0) is 4.74 Å². The van der Waals surface area contributed by atoms with Gasteiger partial charge < -0.3 is 14.4 Å². The molecule has 5 nitrogen and oxygen atoms in total. The van der Waals surface area contributed by atoms with Gasteiger partial charge in [0.05, 0.1) is 17.9 Å². The normalized spacial score (nSPS) is 10.3. The average Bonchev–Trinajstić information content (AvgIpc) is 2.45. The van der Waals surface area contributed by atoms with Crippen molar-refractivity contribution < 1.29 is 14.6 Å². The first kappa shape index (κ1) is 13.9.